The van der Waals surface area contributed by atoms with Crippen molar-refractivity contribution in [2.24, 2.45) is 5.92 Å². The minimum absolute atomic E-state index is 0.00419. The molecule has 1 saturated heterocycles. The first-order valence-electron chi connectivity index (χ1n) is 9.39. The molecule has 0 spiro atoms. The van der Waals surface area contributed by atoms with E-state index < -0.39 is 0 Å². The van der Waals surface area contributed by atoms with Crippen molar-refractivity contribution >= 4 is 23.2 Å². The molecule has 26 heavy (non-hydrogen) atoms. The van der Waals surface area contributed by atoms with E-state index in [0.717, 1.165) is 38.3 Å². The fraction of sp³-hybridized carbons (Fsp3) is 0.737. The number of hydrogen-bond acceptors (Lipinski definition) is 5. The first-order valence-corrected chi connectivity index (χ1v) is 10.3. The summed E-state index contributed by atoms with van der Waals surface area (Å²) in [4.78, 5) is 33.0. The van der Waals surface area contributed by atoms with Gasteiger partial charge in [0.1, 0.15) is 0 Å². The van der Waals surface area contributed by atoms with E-state index in [4.69, 9.17) is 4.98 Å². The minimum Gasteiger partial charge on any atom is -0.347 e. The maximum absolute atomic E-state index is 12.3. The fourth-order valence-corrected chi connectivity index (χ4v) is 3.71. The van der Waals surface area contributed by atoms with Gasteiger partial charge in [0.05, 0.1) is 17.2 Å². The molecule has 1 aromatic heterocycles. The highest BCUT2D eigenvalue weighted by atomic mass is 32.1. The van der Waals surface area contributed by atoms with Crippen molar-refractivity contribution in [3.63, 3.8) is 0 Å². The van der Waals surface area contributed by atoms with Gasteiger partial charge in [0.25, 0.3) is 0 Å². The van der Waals surface area contributed by atoms with Crippen LogP contribution in [0.5, 0.6) is 0 Å². The Kier molecular flexibility index (Phi) is 7.17. The second-order valence-corrected chi connectivity index (χ2v) is 9.14. The van der Waals surface area contributed by atoms with Gasteiger partial charge in [0, 0.05) is 49.4 Å². The van der Waals surface area contributed by atoms with Crippen LogP contribution in [0.4, 0.5) is 0 Å². The second-order valence-electron chi connectivity index (χ2n) is 8.28. The fourth-order valence-electron chi connectivity index (χ4n) is 2.81. The lowest BCUT2D eigenvalue weighted by Crippen LogP contribution is -2.42. The van der Waals surface area contributed by atoms with Crippen molar-refractivity contribution in [2.75, 3.05) is 32.7 Å². The van der Waals surface area contributed by atoms with Gasteiger partial charge in [-0.2, -0.15) is 0 Å². The lowest BCUT2D eigenvalue weighted by molar-refractivity contribution is -0.133. The number of thiazole rings is 1. The highest BCUT2D eigenvalue weighted by Gasteiger charge is 2.22. The van der Waals surface area contributed by atoms with Crippen LogP contribution >= 0.6 is 11.3 Å². The van der Waals surface area contributed by atoms with Crippen molar-refractivity contribution in [3.8, 4) is 0 Å². The maximum Gasteiger partial charge on any atom is 0.242 e. The molecule has 146 valence electrons. The van der Waals surface area contributed by atoms with Crippen LogP contribution in [0.25, 0.3) is 0 Å². The molecule has 1 aliphatic heterocycles. The van der Waals surface area contributed by atoms with Crippen molar-refractivity contribution in [1.29, 1.82) is 0 Å². The highest BCUT2D eigenvalue weighted by molar-refractivity contribution is 7.09. The van der Waals surface area contributed by atoms with Gasteiger partial charge >= 0.3 is 0 Å². The van der Waals surface area contributed by atoms with Gasteiger partial charge in [-0.15, -0.1) is 11.3 Å². The summed E-state index contributed by atoms with van der Waals surface area (Å²) in [6.45, 7) is 14.4. The van der Waals surface area contributed by atoms with E-state index in [1.807, 2.05) is 18.7 Å². The van der Waals surface area contributed by atoms with Gasteiger partial charge < -0.3 is 10.2 Å². The van der Waals surface area contributed by atoms with E-state index in [1.165, 1.54) is 5.01 Å². The Balaban J connectivity index is 1.83. The van der Waals surface area contributed by atoms with Crippen molar-refractivity contribution < 1.29 is 9.59 Å². The van der Waals surface area contributed by atoms with E-state index >= 15 is 0 Å². The number of aromatic nitrogens is 1. The molecule has 0 radical (unpaired) electrons. The Morgan fingerprint density at radius 3 is 2.58 bits per heavy atom. The van der Waals surface area contributed by atoms with E-state index in [1.54, 1.807) is 11.3 Å². The first kappa shape index (κ1) is 20.8. The van der Waals surface area contributed by atoms with Gasteiger partial charge in [-0.1, -0.05) is 34.6 Å². The van der Waals surface area contributed by atoms with E-state index in [9.17, 15) is 9.59 Å². The molecule has 2 heterocycles. The molecule has 1 aromatic rings. The standard InChI is InChI=1S/C19H32N4O2S/c1-14(2)17(25)20-11-16(24)23-8-6-7-22(9-10-23)12-15-13-26-18(21-15)19(3,4)5/h13-14H,6-12H2,1-5H3,(H,20,25). The summed E-state index contributed by atoms with van der Waals surface area (Å²) in [5.41, 5.74) is 1.20. The summed E-state index contributed by atoms with van der Waals surface area (Å²) in [5.74, 6) is -0.170. The Morgan fingerprint density at radius 1 is 1.23 bits per heavy atom. The highest BCUT2D eigenvalue weighted by Crippen LogP contribution is 2.26. The predicted molar refractivity (Wildman–Crippen MR) is 105 cm³/mol. The number of amides is 2. The largest absolute Gasteiger partial charge is 0.347 e. The van der Waals surface area contributed by atoms with Crippen molar-refractivity contribution in [2.45, 2.75) is 53.0 Å². The Labute approximate surface area is 161 Å². The molecular formula is C19H32N4O2S. The van der Waals surface area contributed by atoms with E-state index in [-0.39, 0.29) is 29.7 Å². The average molecular weight is 381 g/mol. The number of nitrogens with zero attached hydrogens (tertiary/aromatic N) is 3. The first-order chi connectivity index (χ1) is 12.2. The van der Waals surface area contributed by atoms with Crippen LogP contribution in [0.2, 0.25) is 0 Å². The van der Waals surface area contributed by atoms with Crippen LogP contribution in [0.1, 0.15) is 51.7 Å². The molecule has 2 rings (SSSR count). The number of rotatable bonds is 5. The topological polar surface area (TPSA) is 65.5 Å². The van der Waals surface area contributed by atoms with Crippen LogP contribution in [-0.2, 0) is 21.5 Å². The summed E-state index contributed by atoms with van der Waals surface area (Å²) in [5, 5.41) is 6.03. The molecule has 1 fully saturated rings. The summed E-state index contributed by atoms with van der Waals surface area (Å²) in [6.07, 6.45) is 0.945. The molecule has 0 bridgehead atoms. The molecule has 0 unspecified atom stereocenters. The Bertz CT molecular complexity index is 621. The molecule has 1 aliphatic rings. The molecular weight excluding hydrogens is 348 g/mol. The third-order valence-corrected chi connectivity index (χ3v) is 5.78. The summed E-state index contributed by atoms with van der Waals surface area (Å²) in [7, 11) is 0. The molecule has 6 nitrogen and oxygen atoms in total. The minimum atomic E-state index is -0.0986. The van der Waals surface area contributed by atoms with Gasteiger partial charge in [-0.25, -0.2) is 4.98 Å². The van der Waals surface area contributed by atoms with Gasteiger partial charge in [0.2, 0.25) is 11.8 Å². The summed E-state index contributed by atoms with van der Waals surface area (Å²) in [6, 6.07) is 0. The Hall–Kier alpha value is -1.47. The molecule has 0 aliphatic carbocycles. The third kappa shape index (κ3) is 6.06. The van der Waals surface area contributed by atoms with Crippen molar-refractivity contribution in [1.82, 2.24) is 20.1 Å². The zero-order valence-electron chi connectivity index (χ0n) is 16.7. The molecule has 1 N–H and O–H groups in total. The summed E-state index contributed by atoms with van der Waals surface area (Å²) < 4.78 is 0. The smallest absolute Gasteiger partial charge is 0.242 e. The Morgan fingerprint density at radius 2 is 1.96 bits per heavy atom. The average Bonchev–Trinajstić information content (AvgIpc) is 2.91. The molecule has 2 amide bonds. The maximum atomic E-state index is 12.3. The molecule has 0 atom stereocenters. The predicted octanol–water partition coefficient (Wildman–Crippen LogP) is 2.25. The lowest BCUT2D eigenvalue weighted by Gasteiger charge is -2.22. The number of nitrogens with one attached hydrogen (secondary N) is 1. The number of hydrogen-bond donors (Lipinski definition) is 1. The molecule has 0 aromatic carbocycles. The van der Waals surface area contributed by atoms with Gasteiger partial charge in [-0.3, -0.25) is 14.5 Å². The summed E-state index contributed by atoms with van der Waals surface area (Å²) >= 11 is 1.72. The van der Waals surface area contributed by atoms with Crippen molar-refractivity contribution in [3.05, 3.63) is 16.1 Å². The SMILES string of the molecule is CC(C)C(=O)NCC(=O)N1CCCN(Cc2csc(C(C)(C)C)n2)CC1. The quantitative estimate of drug-likeness (QED) is 0.851. The van der Waals surface area contributed by atoms with Crippen LogP contribution in [0.15, 0.2) is 5.38 Å². The van der Waals surface area contributed by atoms with Crippen LogP contribution in [-0.4, -0.2) is 59.3 Å². The van der Waals surface area contributed by atoms with Gasteiger partial charge in [0.15, 0.2) is 0 Å². The van der Waals surface area contributed by atoms with Crippen LogP contribution < -0.4 is 5.32 Å². The third-order valence-electron chi connectivity index (χ3n) is 4.46. The second kappa shape index (κ2) is 8.95. The molecule has 0 saturated carbocycles. The van der Waals surface area contributed by atoms with E-state index in [0.29, 0.717) is 6.54 Å². The van der Waals surface area contributed by atoms with Gasteiger partial charge in [-0.05, 0) is 6.42 Å². The molecule has 7 heteroatoms. The monoisotopic (exact) mass is 380 g/mol. The van der Waals surface area contributed by atoms with E-state index in [2.05, 4.69) is 36.4 Å². The number of carbonyl (C=O) groups excluding carboxylic acids is 2. The van der Waals surface area contributed by atoms with Crippen LogP contribution in [0.3, 0.4) is 0 Å². The zero-order chi connectivity index (χ0) is 19.3. The number of carbonyl (C=O) groups is 2. The normalized spacial score (nSPS) is 16.6. The zero-order valence-corrected chi connectivity index (χ0v) is 17.5. The lowest BCUT2D eigenvalue weighted by atomic mass is 9.98. The van der Waals surface area contributed by atoms with Crippen LogP contribution in [0, 0.1) is 5.92 Å².